The Kier molecular flexibility index (Phi) is 5.72. The third-order valence-corrected chi connectivity index (χ3v) is 6.57. The van der Waals surface area contributed by atoms with Crippen molar-refractivity contribution in [1.29, 1.82) is 0 Å². The monoisotopic (exact) mass is 410 g/mol. The van der Waals surface area contributed by atoms with Gasteiger partial charge in [0.15, 0.2) is 16.4 Å². The Balaban J connectivity index is 1.95. The Hall–Kier alpha value is -1.69. The molecular weight excluding hydrogens is 396 g/mol. The third-order valence-electron chi connectivity index (χ3n) is 3.41. The molecule has 0 aromatic heterocycles. The molecule has 12 heteroatoms. The molecule has 0 spiro atoms. The number of halogens is 1. The lowest BCUT2D eigenvalue weighted by Crippen LogP contribution is -2.38. The van der Waals surface area contributed by atoms with Crippen LogP contribution in [-0.2, 0) is 29.4 Å². The molecule has 0 saturated carbocycles. The van der Waals surface area contributed by atoms with Crippen LogP contribution in [0.1, 0.15) is 16.8 Å². The number of sulfone groups is 1. The lowest BCUT2D eigenvalue weighted by atomic mass is 10.2. The highest BCUT2D eigenvalue weighted by molar-refractivity contribution is 7.91. The Morgan fingerprint density at radius 1 is 1.36 bits per heavy atom. The number of ether oxygens (including phenoxy) is 1. The summed E-state index contributed by atoms with van der Waals surface area (Å²) in [6.45, 7) is -0.636. The van der Waals surface area contributed by atoms with E-state index in [0.717, 1.165) is 6.07 Å². The maximum Gasteiger partial charge on any atom is 0.338 e. The summed E-state index contributed by atoms with van der Waals surface area (Å²) in [5.74, 6) is -1.76. The van der Waals surface area contributed by atoms with E-state index < -0.39 is 49.3 Å². The van der Waals surface area contributed by atoms with Crippen LogP contribution >= 0.6 is 11.6 Å². The Labute approximate surface area is 149 Å². The quantitative estimate of drug-likeness (QED) is 0.618. The zero-order valence-electron chi connectivity index (χ0n) is 12.8. The number of sulfonamides is 1. The van der Waals surface area contributed by atoms with Crippen molar-refractivity contribution in [3.8, 4) is 0 Å². The number of nitrogens with two attached hydrogens (primary N) is 1. The minimum atomic E-state index is -4.12. The number of nitrogens with one attached hydrogen (secondary N) is 1. The molecule has 1 atom stereocenters. The van der Waals surface area contributed by atoms with E-state index in [1.807, 2.05) is 0 Å². The number of benzene rings is 1. The summed E-state index contributed by atoms with van der Waals surface area (Å²) < 4.78 is 50.1. The van der Waals surface area contributed by atoms with Crippen molar-refractivity contribution in [3.05, 3.63) is 28.8 Å². The highest BCUT2D eigenvalue weighted by Crippen LogP contribution is 2.21. The summed E-state index contributed by atoms with van der Waals surface area (Å²) in [6.07, 6.45) is 0.303. The van der Waals surface area contributed by atoms with Crippen LogP contribution in [0.25, 0.3) is 0 Å². The molecule has 138 valence electrons. The lowest BCUT2D eigenvalue weighted by Gasteiger charge is -2.11. The summed E-state index contributed by atoms with van der Waals surface area (Å²) in [5.41, 5.74) is -0.148. The topological polar surface area (TPSA) is 150 Å². The number of hydrogen-bond donors (Lipinski definition) is 2. The van der Waals surface area contributed by atoms with Crippen LogP contribution in [-0.4, -0.2) is 52.9 Å². The summed E-state index contributed by atoms with van der Waals surface area (Å²) in [5, 5.41) is 7.28. The molecule has 1 heterocycles. The molecule has 0 unspecified atom stereocenters. The first-order chi connectivity index (χ1) is 11.5. The average Bonchev–Trinajstić information content (AvgIpc) is 2.83. The molecule has 2 rings (SSSR count). The van der Waals surface area contributed by atoms with Gasteiger partial charge in [0.1, 0.15) is 4.90 Å². The van der Waals surface area contributed by atoms with Gasteiger partial charge in [-0.25, -0.2) is 26.8 Å². The Bertz CT molecular complexity index is 912. The first-order valence-corrected chi connectivity index (χ1v) is 10.7. The molecule has 1 fully saturated rings. The molecule has 1 saturated heterocycles. The van der Waals surface area contributed by atoms with Crippen molar-refractivity contribution in [2.45, 2.75) is 17.4 Å². The number of hydrogen-bond acceptors (Lipinski definition) is 7. The minimum Gasteiger partial charge on any atom is -0.452 e. The molecule has 1 aliphatic heterocycles. The average molecular weight is 411 g/mol. The standard InChI is InChI=1S/C13H15ClN2O7S2/c14-10-2-1-8(5-11(10)25(15,21)22)13(18)23-6-12(17)16-9-3-4-24(19,20)7-9/h1-2,5,9H,3-4,6-7H2,(H,16,17)(H2,15,21,22)/t9-/m1/s1. The van der Waals surface area contributed by atoms with Gasteiger partial charge in [-0.3, -0.25) is 4.79 Å². The lowest BCUT2D eigenvalue weighted by molar-refractivity contribution is -0.124. The fourth-order valence-electron chi connectivity index (χ4n) is 2.24. The van der Waals surface area contributed by atoms with Gasteiger partial charge in [-0.2, -0.15) is 0 Å². The fraction of sp³-hybridized carbons (Fsp3) is 0.385. The van der Waals surface area contributed by atoms with E-state index in [2.05, 4.69) is 5.32 Å². The van der Waals surface area contributed by atoms with E-state index in [0.29, 0.717) is 6.42 Å². The Morgan fingerprint density at radius 3 is 2.60 bits per heavy atom. The zero-order chi connectivity index (χ0) is 18.8. The van der Waals surface area contributed by atoms with E-state index >= 15 is 0 Å². The summed E-state index contributed by atoms with van der Waals surface area (Å²) in [4.78, 5) is 23.2. The largest absolute Gasteiger partial charge is 0.452 e. The van der Waals surface area contributed by atoms with Crippen LogP contribution < -0.4 is 10.5 Å². The highest BCUT2D eigenvalue weighted by atomic mass is 35.5. The zero-order valence-corrected chi connectivity index (χ0v) is 15.2. The number of carbonyl (C=O) groups is 2. The van der Waals surface area contributed by atoms with Gasteiger partial charge in [-0.15, -0.1) is 0 Å². The van der Waals surface area contributed by atoms with E-state index in [4.69, 9.17) is 21.5 Å². The van der Waals surface area contributed by atoms with Gasteiger partial charge >= 0.3 is 5.97 Å². The van der Waals surface area contributed by atoms with E-state index in [1.54, 1.807) is 0 Å². The number of primary sulfonamides is 1. The second-order valence-electron chi connectivity index (χ2n) is 5.43. The molecule has 1 aromatic rings. The molecule has 3 N–H and O–H groups in total. The van der Waals surface area contributed by atoms with Crippen molar-refractivity contribution in [2.24, 2.45) is 5.14 Å². The molecule has 1 aromatic carbocycles. The van der Waals surface area contributed by atoms with Crippen LogP contribution in [0, 0.1) is 0 Å². The maximum atomic E-state index is 11.9. The SMILES string of the molecule is NS(=O)(=O)c1cc(C(=O)OCC(=O)N[C@@H]2CCS(=O)(=O)C2)ccc1Cl. The first-order valence-electron chi connectivity index (χ1n) is 6.97. The van der Waals surface area contributed by atoms with Crippen LogP contribution in [0.4, 0.5) is 0 Å². The van der Waals surface area contributed by atoms with E-state index in [-0.39, 0.29) is 22.1 Å². The minimum absolute atomic E-state index is 0.00114. The Morgan fingerprint density at radius 2 is 2.04 bits per heavy atom. The number of carbonyl (C=O) groups excluding carboxylic acids is 2. The molecule has 1 amide bonds. The van der Waals surface area contributed by atoms with Crippen molar-refractivity contribution in [1.82, 2.24) is 5.32 Å². The van der Waals surface area contributed by atoms with Crippen LogP contribution in [0.5, 0.6) is 0 Å². The van der Waals surface area contributed by atoms with Crippen LogP contribution in [0.2, 0.25) is 5.02 Å². The predicted octanol–water partition coefficient (Wildman–Crippen LogP) is -0.552. The summed E-state index contributed by atoms with van der Waals surface area (Å²) >= 11 is 5.71. The van der Waals surface area contributed by atoms with Gasteiger partial charge in [0.25, 0.3) is 5.91 Å². The highest BCUT2D eigenvalue weighted by Gasteiger charge is 2.29. The van der Waals surface area contributed by atoms with Crippen molar-refractivity contribution in [2.75, 3.05) is 18.1 Å². The van der Waals surface area contributed by atoms with Crippen LogP contribution in [0.15, 0.2) is 23.1 Å². The molecule has 0 radical (unpaired) electrons. The maximum absolute atomic E-state index is 11.9. The van der Waals surface area contributed by atoms with Crippen molar-refractivity contribution >= 4 is 43.3 Å². The second kappa shape index (κ2) is 7.28. The number of amides is 1. The van der Waals surface area contributed by atoms with Gasteiger partial charge in [-0.1, -0.05) is 11.6 Å². The second-order valence-corrected chi connectivity index (χ2v) is 9.60. The fourth-order valence-corrected chi connectivity index (χ4v) is 4.99. The molecule has 0 aliphatic carbocycles. The first kappa shape index (κ1) is 19.6. The molecule has 1 aliphatic rings. The van der Waals surface area contributed by atoms with Gasteiger partial charge in [-0.05, 0) is 24.6 Å². The number of rotatable bonds is 5. The van der Waals surface area contributed by atoms with Crippen molar-refractivity contribution < 1.29 is 31.2 Å². The summed E-state index contributed by atoms with van der Waals surface area (Å²) in [6, 6.07) is 2.82. The van der Waals surface area contributed by atoms with E-state index in [9.17, 15) is 26.4 Å². The van der Waals surface area contributed by atoms with Gasteiger partial charge < -0.3 is 10.1 Å². The smallest absolute Gasteiger partial charge is 0.338 e. The number of esters is 1. The molecule has 25 heavy (non-hydrogen) atoms. The van der Waals surface area contributed by atoms with Gasteiger partial charge in [0.05, 0.1) is 22.1 Å². The van der Waals surface area contributed by atoms with E-state index in [1.165, 1.54) is 12.1 Å². The van der Waals surface area contributed by atoms with Crippen molar-refractivity contribution in [3.63, 3.8) is 0 Å². The molecular formula is C13H15ClN2O7S2. The van der Waals surface area contributed by atoms with Crippen LogP contribution in [0.3, 0.4) is 0 Å². The predicted molar refractivity (Wildman–Crippen MR) is 88.3 cm³/mol. The normalized spacial score (nSPS) is 19.4. The third kappa shape index (κ3) is 5.39. The van der Waals surface area contributed by atoms with Gasteiger partial charge in [0.2, 0.25) is 10.0 Å². The molecule has 9 nitrogen and oxygen atoms in total. The summed E-state index contributed by atoms with van der Waals surface area (Å²) in [7, 11) is -7.27. The van der Waals surface area contributed by atoms with Gasteiger partial charge in [0, 0.05) is 6.04 Å². The molecule has 0 bridgehead atoms.